The van der Waals surface area contributed by atoms with Gasteiger partial charge in [-0.15, -0.1) is 0 Å². The number of carbonyl (C=O) groups excluding carboxylic acids is 3. The van der Waals surface area contributed by atoms with E-state index in [9.17, 15) is 14.4 Å². The van der Waals surface area contributed by atoms with Gasteiger partial charge in [-0.05, 0) is 88.3 Å². The van der Waals surface area contributed by atoms with E-state index >= 15 is 0 Å². The molecule has 208 valence electrons. The number of ketones is 1. The molecule has 38 heavy (non-hydrogen) atoms. The molecule has 1 aromatic carbocycles. The number of piperidine rings is 1. The zero-order chi connectivity index (χ0) is 26.6. The molecule has 3 heterocycles. The van der Waals surface area contributed by atoms with Crippen LogP contribution in [0.4, 0.5) is 0 Å². The quantitative estimate of drug-likeness (QED) is 0.544. The Morgan fingerprint density at radius 1 is 1.05 bits per heavy atom. The van der Waals surface area contributed by atoms with Gasteiger partial charge < -0.3 is 25.2 Å². The molecule has 0 spiro atoms. The number of Topliss-reactive ketones (excluding diaryl/α,β-unsaturated/α-hetero) is 1. The molecule has 2 amide bonds. The molecule has 4 fully saturated rings. The molecule has 1 aliphatic carbocycles. The van der Waals surface area contributed by atoms with Crippen molar-refractivity contribution in [3.63, 3.8) is 0 Å². The lowest BCUT2D eigenvalue weighted by molar-refractivity contribution is -0.139. The number of hydrogen-bond donors (Lipinski definition) is 2. The van der Waals surface area contributed by atoms with Crippen molar-refractivity contribution >= 4 is 17.6 Å². The average molecular weight is 525 g/mol. The largest absolute Gasteiger partial charge is 0.366 e. The molecule has 8 nitrogen and oxygen atoms in total. The number of hydrogen-bond acceptors (Lipinski definition) is 6. The lowest BCUT2D eigenvalue weighted by atomic mass is 9.83. The van der Waals surface area contributed by atoms with Gasteiger partial charge in [0.15, 0.2) is 5.78 Å². The summed E-state index contributed by atoms with van der Waals surface area (Å²) in [6.07, 6.45) is 8.27. The fourth-order valence-electron chi connectivity index (χ4n) is 7.10. The first kappa shape index (κ1) is 27.3. The molecule has 0 unspecified atom stereocenters. The summed E-state index contributed by atoms with van der Waals surface area (Å²) in [5.41, 5.74) is 1.87. The summed E-state index contributed by atoms with van der Waals surface area (Å²) in [5, 5.41) is 6.32. The Balaban J connectivity index is 1.28. The SMILES string of the molecule is CCCN1CCC(c2ccc(C(=O)N[C@H](C(=O)N3C[C@H](NC)[C@H]4OCC(=O)[C@H]43)C3CCCCC3)cc2)CC1. The Kier molecular flexibility index (Phi) is 8.81. The molecule has 4 atom stereocenters. The number of rotatable bonds is 8. The summed E-state index contributed by atoms with van der Waals surface area (Å²) >= 11 is 0. The number of likely N-dealkylation sites (tertiary alicyclic amines) is 2. The van der Waals surface area contributed by atoms with Crippen molar-refractivity contribution in [2.45, 2.75) is 88.4 Å². The highest BCUT2D eigenvalue weighted by Crippen LogP contribution is 2.33. The summed E-state index contributed by atoms with van der Waals surface area (Å²) in [7, 11) is 1.83. The minimum Gasteiger partial charge on any atom is -0.366 e. The summed E-state index contributed by atoms with van der Waals surface area (Å²) in [6.45, 7) is 6.12. The third-order valence-corrected chi connectivity index (χ3v) is 9.28. The van der Waals surface area contributed by atoms with Gasteiger partial charge in [0.1, 0.15) is 24.8 Å². The smallest absolute Gasteiger partial charge is 0.251 e. The zero-order valence-electron chi connectivity index (χ0n) is 23.0. The van der Waals surface area contributed by atoms with Gasteiger partial charge in [0.2, 0.25) is 5.91 Å². The maximum atomic E-state index is 14.0. The van der Waals surface area contributed by atoms with Gasteiger partial charge in [-0.25, -0.2) is 0 Å². The van der Waals surface area contributed by atoms with Crippen LogP contribution in [-0.2, 0) is 14.3 Å². The van der Waals surface area contributed by atoms with Gasteiger partial charge in [0, 0.05) is 12.1 Å². The highest BCUT2D eigenvalue weighted by atomic mass is 16.5. The Bertz CT molecular complexity index is 984. The van der Waals surface area contributed by atoms with E-state index in [1.165, 1.54) is 18.5 Å². The number of carbonyl (C=O) groups is 3. The Hall–Kier alpha value is -2.29. The van der Waals surface area contributed by atoms with Crippen LogP contribution in [0.1, 0.15) is 80.1 Å². The number of fused-ring (bicyclic) bond motifs is 1. The second kappa shape index (κ2) is 12.3. The number of ether oxygens (including phenoxy) is 1. The van der Waals surface area contributed by atoms with Gasteiger partial charge in [-0.3, -0.25) is 14.4 Å². The summed E-state index contributed by atoms with van der Waals surface area (Å²) < 4.78 is 5.73. The molecule has 2 N–H and O–H groups in total. The van der Waals surface area contributed by atoms with Gasteiger partial charge in [-0.1, -0.05) is 38.3 Å². The monoisotopic (exact) mass is 524 g/mol. The maximum absolute atomic E-state index is 14.0. The van der Waals surface area contributed by atoms with Crippen molar-refractivity contribution in [3.8, 4) is 0 Å². The second-order valence-electron chi connectivity index (χ2n) is 11.7. The third kappa shape index (κ3) is 5.68. The van der Waals surface area contributed by atoms with Gasteiger partial charge >= 0.3 is 0 Å². The Morgan fingerprint density at radius 3 is 2.42 bits per heavy atom. The normalized spacial score (nSPS) is 27.9. The van der Waals surface area contributed by atoms with Crippen LogP contribution in [0.25, 0.3) is 0 Å². The highest BCUT2D eigenvalue weighted by Gasteiger charge is 2.53. The molecular formula is C30H44N4O4. The summed E-state index contributed by atoms with van der Waals surface area (Å²) in [6, 6.07) is 6.71. The number of benzene rings is 1. The molecule has 0 bridgehead atoms. The van der Waals surface area contributed by atoms with Crippen LogP contribution in [0, 0.1) is 5.92 Å². The van der Waals surface area contributed by atoms with Crippen molar-refractivity contribution in [2.75, 3.05) is 39.8 Å². The second-order valence-corrected chi connectivity index (χ2v) is 11.7. The number of nitrogens with zero attached hydrogens (tertiary/aromatic N) is 2. The highest BCUT2D eigenvalue weighted by molar-refractivity contribution is 5.99. The lowest BCUT2D eigenvalue weighted by Gasteiger charge is -2.34. The molecule has 3 aliphatic heterocycles. The first-order chi connectivity index (χ1) is 18.5. The predicted octanol–water partition coefficient (Wildman–Crippen LogP) is 2.72. The Morgan fingerprint density at radius 2 is 1.76 bits per heavy atom. The van der Waals surface area contributed by atoms with Crippen molar-refractivity contribution < 1.29 is 19.1 Å². The number of amides is 2. The van der Waals surface area contributed by atoms with Crippen LogP contribution in [-0.4, -0.2) is 91.5 Å². The van der Waals surface area contributed by atoms with Gasteiger partial charge in [0.05, 0.1) is 6.04 Å². The van der Waals surface area contributed by atoms with E-state index in [0.717, 1.165) is 58.0 Å². The maximum Gasteiger partial charge on any atom is 0.251 e. The first-order valence-corrected chi connectivity index (χ1v) is 14.8. The van der Waals surface area contributed by atoms with Crippen molar-refractivity contribution in [1.29, 1.82) is 0 Å². The molecule has 8 heteroatoms. The van der Waals surface area contributed by atoms with Crippen molar-refractivity contribution in [1.82, 2.24) is 20.4 Å². The summed E-state index contributed by atoms with van der Waals surface area (Å²) in [4.78, 5) is 44.3. The Labute approximate surface area is 226 Å². The standard InChI is InChI=1S/C30H44N4O4/c1-3-15-33-16-13-21(14-17-33)20-9-11-23(12-10-20)29(36)32-26(22-7-5-4-6-8-22)30(37)34-18-24(31-2)28-27(34)25(35)19-38-28/h9-12,21-22,24,26-28,31H,3-8,13-19H2,1-2H3,(H,32,36)/t24-,26-,27+,28+/m0/s1. The van der Waals surface area contributed by atoms with E-state index in [1.54, 1.807) is 4.90 Å². The third-order valence-electron chi connectivity index (χ3n) is 9.28. The first-order valence-electron chi connectivity index (χ1n) is 14.8. The topological polar surface area (TPSA) is 91.0 Å². The van der Waals surface area contributed by atoms with E-state index in [0.29, 0.717) is 18.0 Å². The molecule has 1 aromatic rings. The minimum absolute atomic E-state index is 0.0434. The van der Waals surface area contributed by atoms with Crippen LogP contribution in [0.15, 0.2) is 24.3 Å². The van der Waals surface area contributed by atoms with Gasteiger partial charge in [0.25, 0.3) is 5.91 Å². The van der Waals surface area contributed by atoms with E-state index in [1.807, 2.05) is 19.2 Å². The summed E-state index contributed by atoms with van der Waals surface area (Å²) in [5.74, 6) is 0.204. The van der Waals surface area contributed by atoms with Crippen molar-refractivity contribution in [2.24, 2.45) is 5.92 Å². The molecule has 4 aliphatic rings. The van der Waals surface area contributed by atoms with Crippen LogP contribution in [0.2, 0.25) is 0 Å². The minimum atomic E-state index is -0.630. The van der Waals surface area contributed by atoms with E-state index < -0.39 is 12.1 Å². The molecule has 0 aromatic heterocycles. The number of likely N-dealkylation sites (N-methyl/N-ethyl adjacent to an activating group) is 1. The van der Waals surface area contributed by atoms with E-state index in [2.05, 4.69) is 34.6 Å². The van der Waals surface area contributed by atoms with Crippen LogP contribution < -0.4 is 10.6 Å². The predicted molar refractivity (Wildman–Crippen MR) is 146 cm³/mol. The fourth-order valence-corrected chi connectivity index (χ4v) is 7.10. The van der Waals surface area contributed by atoms with Crippen LogP contribution in [0.3, 0.4) is 0 Å². The van der Waals surface area contributed by atoms with E-state index in [4.69, 9.17) is 4.74 Å². The molecular weight excluding hydrogens is 480 g/mol. The van der Waals surface area contributed by atoms with Crippen LogP contribution >= 0.6 is 0 Å². The zero-order valence-corrected chi connectivity index (χ0v) is 23.0. The van der Waals surface area contributed by atoms with Crippen LogP contribution in [0.5, 0.6) is 0 Å². The molecule has 1 saturated carbocycles. The van der Waals surface area contributed by atoms with Crippen molar-refractivity contribution in [3.05, 3.63) is 35.4 Å². The van der Waals surface area contributed by atoms with Gasteiger partial charge in [-0.2, -0.15) is 0 Å². The number of nitrogens with one attached hydrogen (secondary N) is 2. The van der Waals surface area contributed by atoms with E-state index in [-0.39, 0.29) is 42.3 Å². The molecule has 3 saturated heterocycles. The molecule has 5 rings (SSSR count). The lowest BCUT2D eigenvalue weighted by Crippen LogP contribution is -2.55. The molecule has 0 radical (unpaired) electrons. The fraction of sp³-hybridized carbons (Fsp3) is 0.700. The average Bonchev–Trinajstić information content (AvgIpc) is 3.52.